The van der Waals surface area contributed by atoms with Gasteiger partial charge in [0.15, 0.2) is 5.82 Å². The van der Waals surface area contributed by atoms with E-state index in [1.165, 1.54) is 24.5 Å². The van der Waals surface area contributed by atoms with Gasteiger partial charge in [0.2, 0.25) is 0 Å². The molecule has 3 rings (SSSR count). The molecule has 1 fully saturated rings. The number of nitrogens with one attached hydrogen (secondary N) is 1. The second kappa shape index (κ2) is 6.23. The molecule has 1 amide bonds. The third kappa shape index (κ3) is 3.35. The van der Waals surface area contributed by atoms with Crippen molar-refractivity contribution in [3.63, 3.8) is 0 Å². The van der Waals surface area contributed by atoms with Crippen molar-refractivity contribution in [3.05, 3.63) is 52.6 Å². The SMILES string of the molecule is O=C1CN(c2c(O)ccc(C#Cc3cncc(Cl)c3)c2F)S(=O)(=O)N1. The normalized spacial score (nSPS) is 15.4. The van der Waals surface area contributed by atoms with E-state index in [2.05, 4.69) is 16.8 Å². The number of hydrogen-bond donors (Lipinski definition) is 2. The van der Waals surface area contributed by atoms with Crippen molar-refractivity contribution < 1.29 is 22.7 Å². The fourth-order valence-electron chi connectivity index (χ4n) is 2.15. The second-order valence-corrected chi connectivity index (χ2v) is 7.01. The number of amides is 1. The van der Waals surface area contributed by atoms with Crippen LogP contribution in [0.25, 0.3) is 0 Å². The first-order valence-corrected chi connectivity index (χ1v) is 8.57. The summed E-state index contributed by atoms with van der Waals surface area (Å²) >= 11 is 5.79. The van der Waals surface area contributed by atoms with Gasteiger partial charge >= 0.3 is 10.2 Å². The van der Waals surface area contributed by atoms with Gasteiger partial charge < -0.3 is 5.11 Å². The Hall–Kier alpha value is -2.83. The van der Waals surface area contributed by atoms with Gasteiger partial charge in [-0.3, -0.25) is 9.78 Å². The quantitative estimate of drug-likeness (QED) is 0.722. The smallest absolute Gasteiger partial charge is 0.326 e. The maximum Gasteiger partial charge on any atom is 0.326 e. The number of nitrogens with zero attached hydrogens (tertiary/aromatic N) is 2. The lowest BCUT2D eigenvalue weighted by atomic mass is 10.1. The Labute approximate surface area is 147 Å². The monoisotopic (exact) mass is 381 g/mol. The number of pyridine rings is 1. The lowest BCUT2D eigenvalue weighted by molar-refractivity contribution is -0.117. The van der Waals surface area contributed by atoms with Crippen LogP contribution in [0.4, 0.5) is 10.1 Å². The first kappa shape index (κ1) is 17.0. The number of hydrogen-bond acceptors (Lipinski definition) is 5. The van der Waals surface area contributed by atoms with Crippen molar-refractivity contribution in [3.8, 4) is 17.6 Å². The van der Waals surface area contributed by atoms with Gasteiger partial charge in [-0.05, 0) is 18.2 Å². The third-order valence-electron chi connectivity index (χ3n) is 3.21. The molecule has 1 aromatic heterocycles. The van der Waals surface area contributed by atoms with Crippen LogP contribution >= 0.6 is 11.6 Å². The highest BCUT2D eigenvalue weighted by Crippen LogP contribution is 2.34. The number of benzene rings is 1. The van der Waals surface area contributed by atoms with Gasteiger partial charge in [0, 0.05) is 18.0 Å². The molecule has 0 unspecified atom stereocenters. The average Bonchev–Trinajstić information content (AvgIpc) is 2.79. The minimum absolute atomic E-state index is 0.165. The van der Waals surface area contributed by atoms with E-state index in [0.717, 1.165) is 6.07 Å². The lowest BCUT2D eigenvalue weighted by Gasteiger charge is -2.17. The number of carbonyl (C=O) groups excluding carboxylic acids is 1. The summed E-state index contributed by atoms with van der Waals surface area (Å²) in [6.07, 6.45) is 2.83. The van der Waals surface area contributed by atoms with E-state index in [4.69, 9.17) is 11.6 Å². The van der Waals surface area contributed by atoms with E-state index >= 15 is 0 Å². The summed E-state index contributed by atoms with van der Waals surface area (Å²) in [5.41, 5.74) is -0.385. The molecule has 10 heteroatoms. The fourth-order valence-corrected chi connectivity index (χ4v) is 3.49. The molecule has 0 aliphatic carbocycles. The summed E-state index contributed by atoms with van der Waals surface area (Å²) < 4.78 is 40.6. The summed E-state index contributed by atoms with van der Waals surface area (Å²) in [6, 6.07) is 3.81. The van der Waals surface area contributed by atoms with Gasteiger partial charge in [-0.15, -0.1) is 0 Å². The van der Waals surface area contributed by atoms with Crippen LogP contribution in [-0.2, 0) is 15.0 Å². The molecule has 128 valence electrons. The van der Waals surface area contributed by atoms with Gasteiger partial charge in [-0.25, -0.2) is 13.4 Å². The highest BCUT2D eigenvalue weighted by Gasteiger charge is 2.37. The highest BCUT2D eigenvalue weighted by atomic mass is 35.5. The predicted molar refractivity (Wildman–Crippen MR) is 87.7 cm³/mol. The molecule has 25 heavy (non-hydrogen) atoms. The summed E-state index contributed by atoms with van der Waals surface area (Å²) in [5.74, 6) is 2.63. The van der Waals surface area contributed by atoms with Gasteiger partial charge in [0.1, 0.15) is 18.0 Å². The van der Waals surface area contributed by atoms with Crippen molar-refractivity contribution in [1.82, 2.24) is 9.71 Å². The lowest BCUT2D eigenvalue weighted by Crippen LogP contribution is -2.30. The number of anilines is 1. The van der Waals surface area contributed by atoms with Crippen molar-refractivity contribution in [2.24, 2.45) is 0 Å². The number of aromatic nitrogens is 1. The van der Waals surface area contributed by atoms with Crippen LogP contribution in [0, 0.1) is 17.7 Å². The minimum atomic E-state index is -4.27. The number of rotatable bonds is 1. The van der Waals surface area contributed by atoms with E-state index in [1.54, 1.807) is 4.72 Å². The number of halogens is 2. The Kier molecular flexibility index (Phi) is 4.24. The van der Waals surface area contributed by atoms with E-state index in [-0.39, 0.29) is 5.56 Å². The van der Waals surface area contributed by atoms with E-state index in [9.17, 15) is 22.7 Å². The third-order valence-corrected chi connectivity index (χ3v) is 4.80. The molecule has 7 nitrogen and oxygen atoms in total. The molecular formula is C15H9ClFN3O4S. The standard InChI is InChI=1S/C15H9ClFN3O4S/c16-11-5-9(6-18-7-11)1-2-10-3-4-12(21)15(14(10)17)20-8-13(22)19-25(20,23)24/h3-7,21H,8H2,(H,19,22). The van der Waals surface area contributed by atoms with Crippen molar-refractivity contribution >= 4 is 33.4 Å². The van der Waals surface area contributed by atoms with Crippen molar-refractivity contribution in [2.45, 2.75) is 0 Å². The molecule has 0 radical (unpaired) electrons. The minimum Gasteiger partial charge on any atom is -0.506 e. The molecule has 1 aliphatic heterocycles. The van der Waals surface area contributed by atoms with E-state index in [1.807, 2.05) is 0 Å². The van der Waals surface area contributed by atoms with E-state index in [0.29, 0.717) is 14.9 Å². The van der Waals surface area contributed by atoms with Crippen LogP contribution in [0.1, 0.15) is 11.1 Å². The molecule has 0 atom stereocenters. The molecule has 2 N–H and O–H groups in total. The summed E-state index contributed by atoms with van der Waals surface area (Å²) in [7, 11) is -4.27. The van der Waals surface area contributed by atoms with Crippen LogP contribution in [0.3, 0.4) is 0 Å². The van der Waals surface area contributed by atoms with Gasteiger partial charge in [-0.1, -0.05) is 23.4 Å². The summed E-state index contributed by atoms with van der Waals surface area (Å²) in [6.45, 7) is -0.637. The maximum absolute atomic E-state index is 14.7. The summed E-state index contributed by atoms with van der Waals surface area (Å²) in [5, 5.41) is 10.2. The Morgan fingerprint density at radius 3 is 2.72 bits per heavy atom. The molecule has 0 saturated carbocycles. The molecule has 0 bridgehead atoms. The molecule has 2 aromatic rings. The number of phenols is 1. The molecular weight excluding hydrogens is 373 g/mol. The van der Waals surface area contributed by atoms with Gasteiger partial charge in [0.05, 0.1) is 10.6 Å². The number of carbonyl (C=O) groups is 1. The zero-order valence-corrected chi connectivity index (χ0v) is 13.9. The highest BCUT2D eigenvalue weighted by molar-refractivity contribution is 7.92. The van der Waals surface area contributed by atoms with Gasteiger partial charge in [0.25, 0.3) is 5.91 Å². The molecule has 1 saturated heterocycles. The Balaban J connectivity index is 2.06. The average molecular weight is 382 g/mol. The molecule has 1 aromatic carbocycles. The van der Waals surface area contributed by atoms with Crippen LogP contribution in [0.5, 0.6) is 5.75 Å². The molecule has 2 heterocycles. The Morgan fingerprint density at radius 2 is 2.08 bits per heavy atom. The Bertz CT molecular complexity index is 1050. The van der Waals surface area contributed by atoms with Crippen LogP contribution < -0.4 is 9.03 Å². The van der Waals surface area contributed by atoms with Crippen LogP contribution in [-0.4, -0.2) is 31.0 Å². The largest absolute Gasteiger partial charge is 0.506 e. The summed E-state index contributed by atoms with van der Waals surface area (Å²) in [4.78, 5) is 15.1. The molecule has 0 spiro atoms. The topological polar surface area (TPSA) is 99.6 Å². The molecule has 1 aliphatic rings. The Morgan fingerprint density at radius 1 is 1.32 bits per heavy atom. The number of aromatic hydroxyl groups is 1. The predicted octanol–water partition coefficient (Wildman–Crippen LogP) is 1.16. The first-order valence-electron chi connectivity index (χ1n) is 6.75. The van der Waals surface area contributed by atoms with Crippen molar-refractivity contribution in [2.75, 3.05) is 10.8 Å². The van der Waals surface area contributed by atoms with Crippen LogP contribution in [0.15, 0.2) is 30.6 Å². The second-order valence-electron chi connectivity index (χ2n) is 4.97. The number of phenolic OH excluding ortho intramolecular Hbond substituents is 1. The van der Waals surface area contributed by atoms with E-state index < -0.39 is 39.9 Å². The van der Waals surface area contributed by atoms with Gasteiger partial charge in [-0.2, -0.15) is 8.42 Å². The van der Waals surface area contributed by atoms with Crippen molar-refractivity contribution in [1.29, 1.82) is 0 Å². The van der Waals surface area contributed by atoms with Crippen LogP contribution in [0.2, 0.25) is 5.02 Å². The fraction of sp³-hybridized carbons (Fsp3) is 0.0667. The maximum atomic E-state index is 14.7. The first-order chi connectivity index (χ1) is 11.8. The zero-order valence-electron chi connectivity index (χ0n) is 12.3. The zero-order chi connectivity index (χ0) is 18.2.